The molecule has 0 spiro atoms. The van der Waals surface area contributed by atoms with Gasteiger partial charge in [-0.05, 0) is 12.1 Å². The van der Waals surface area contributed by atoms with E-state index in [2.05, 4.69) is 36.0 Å². The highest BCUT2D eigenvalue weighted by Gasteiger charge is 2.25. The Hall–Kier alpha value is -2.14. The summed E-state index contributed by atoms with van der Waals surface area (Å²) in [6.45, 7) is 10.4. The number of anilines is 1. The van der Waals surface area contributed by atoms with Crippen LogP contribution in [-0.4, -0.2) is 41.3 Å². The van der Waals surface area contributed by atoms with Crippen LogP contribution in [0.15, 0.2) is 30.5 Å². The minimum Gasteiger partial charge on any atom is -0.507 e. The van der Waals surface area contributed by atoms with Gasteiger partial charge in [0, 0.05) is 31.6 Å². The lowest BCUT2D eigenvalue weighted by Crippen LogP contribution is -2.44. The van der Waals surface area contributed by atoms with Crippen LogP contribution in [-0.2, 0) is 5.41 Å². The number of aromatic hydroxyl groups is 1. The number of hydrogen-bond acceptors (Lipinski definition) is 5. The van der Waals surface area contributed by atoms with Crippen LogP contribution in [0.4, 0.5) is 5.69 Å². The van der Waals surface area contributed by atoms with Crippen LogP contribution in [0, 0.1) is 0 Å². The molecule has 122 valence electrons. The molecular weight excluding hydrogens is 288 g/mol. The molecular formula is C18H24N4O. The predicted molar refractivity (Wildman–Crippen MR) is 92.9 cm³/mol. The molecule has 5 heteroatoms. The number of nitrogens with one attached hydrogen (secondary N) is 1. The van der Waals surface area contributed by atoms with Gasteiger partial charge < -0.3 is 15.3 Å². The number of benzene rings is 1. The van der Waals surface area contributed by atoms with Crippen LogP contribution in [0.3, 0.4) is 0 Å². The van der Waals surface area contributed by atoms with Crippen molar-refractivity contribution in [3.05, 3.63) is 36.2 Å². The molecule has 1 saturated heterocycles. The lowest BCUT2D eigenvalue weighted by molar-refractivity contribution is 0.476. The van der Waals surface area contributed by atoms with Gasteiger partial charge in [-0.2, -0.15) is 0 Å². The molecule has 1 aliphatic rings. The van der Waals surface area contributed by atoms with Crippen molar-refractivity contribution in [2.75, 3.05) is 31.1 Å². The van der Waals surface area contributed by atoms with Crippen LogP contribution in [0.25, 0.3) is 11.4 Å². The van der Waals surface area contributed by atoms with Gasteiger partial charge in [-0.15, -0.1) is 0 Å². The molecule has 0 unspecified atom stereocenters. The number of rotatable bonds is 2. The molecule has 1 aromatic carbocycles. The Bertz CT molecular complexity index is 688. The molecule has 0 atom stereocenters. The molecule has 2 aromatic rings. The Morgan fingerprint density at radius 1 is 1.13 bits per heavy atom. The fourth-order valence-corrected chi connectivity index (χ4v) is 2.86. The predicted octanol–water partition coefficient (Wildman–Crippen LogP) is 2.56. The summed E-state index contributed by atoms with van der Waals surface area (Å²) >= 11 is 0. The molecule has 3 rings (SSSR count). The van der Waals surface area contributed by atoms with Gasteiger partial charge in [-0.3, -0.25) is 0 Å². The van der Waals surface area contributed by atoms with Crippen molar-refractivity contribution in [2.45, 2.75) is 26.2 Å². The minimum absolute atomic E-state index is 0.0949. The maximum atomic E-state index is 10.1. The highest BCUT2D eigenvalue weighted by atomic mass is 16.3. The van der Waals surface area contributed by atoms with E-state index in [0.29, 0.717) is 11.4 Å². The molecule has 0 bridgehead atoms. The minimum atomic E-state index is -0.0949. The molecule has 0 saturated carbocycles. The smallest absolute Gasteiger partial charge is 0.163 e. The second-order valence-electron chi connectivity index (χ2n) is 6.93. The first-order valence-corrected chi connectivity index (χ1v) is 8.08. The number of phenols is 1. The monoisotopic (exact) mass is 312 g/mol. The van der Waals surface area contributed by atoms with Crippen molar-refractivity contribution < 1.29 is 5.11 Å². The van der Waals surface area contributed by atoms with E-state index in [1.54, 1.807) is 12.1 Å². The van der Waals surface area contributed by atoms with Gasteiger partial charge in [0.2, 0.25) is 0 Å². The second-order valence-corrected chi connectivity index (χ2v) is 6.93. The number of para-hydroxylation sites is 1. The summed E-state index contributed by atoms with van der Waals surface area (Å²) in [5, 5.41) is 13.4. The Labute approximate surface area is 137 Å². The second kappa shape index (κ2) is 6.16. The normalized spacial score (nSPS) is 15.7. The Balaban J connectivity index is 2.07. The largest absolute Gasteiger partial charge is 0.507 e. The Kier molecular flexibility index (Phi) is 4.22. The number of nitrogens with zero attached hydrogens (tertiary/aromatic N) is 3. The summed E-state index contributed by atoms with van der Waals surface area (Å²) in [7, 11) is 0. The lowest BCUT2D eigenvalue weighted by Gasteiger charge is -2.33. The fourth-order valence-electron chi connectivity index (χ4n) is 2.86. The van der Waals surface area contributed by atoms with Crippen molar-refractivity contribution in [3.8, 4) is 17.1 Å². The molecule has 1 aromatic heterocycles. The SMILES string of the molecule is CC(C)(C)c1nc(-c2ccccc2O)ncc1N1CCNCC1. The fraction of sp³-hybridized carbons (Fsp3) is 0.444. The molecule has 2 heterocycles. The first-order chi connectivity index (χ1) is 11.0. The van der Waals surface area contributed by atoms with Crippen LogP contribution in [0.5, 0.6) is 5.75 Å². The molecule has 2 N–H and O–H groups in total. The maximum Gasteiger partial charge on any atom is 0.163 e. The van der Waals surface area contributed by atoms with Gasteiger partial charge in [-0.1, -0.05) is 32.9 Å². The average molecular weight is 312 g/mol. The summed E-state index contributed by atoms with van der Waals surface area (Å²) < 4.78 is 0. The first-order valence-electron chi connectivity index (χ1n) is 8.08. The van der Waals surface area contributed by atoms with E-state index >= 15 is 0 Å². The third-order valence-corrected chi connectivity index (χ3v) is 4.08. The summed E-state index contributed by atoms with van der Waals surface area (Å²) in [6, 6.07) is 7.21. The molecule has 0 radical (unpaired) electrons. The van der Waals surface area contributed by atoms with Gasteiger partial charge in [0.05, 0.1) is 23.1 Å². The number of aromatic nitrogens is 2. The zero-order valence-electron chi connectivity index (χ0n) is 14.0. The zero-order valence-corrected chi connectivity index (χ0v) is 14.0. The van der Waals surface area contributed by atoms with Crippen molar-refractivity contribution in [1.29, 1.82) is 0 Å². The average Bonchev–Trinajstić information content (AvgIpc) is 2.55. The quantitative estimate of drug-likeness (QED) is 0.892. The van der Waals surface area contributed by atoms with Gasteiger partial charge in [0.1, 0.15) is 5.75 Å². The van der Waals surface area contributed by atoms with Crippen molar-refractivity contribution in [2.24, 2.45) is 0 Å². The van der Waals surface area contributed by atoms with E-state index in [4.69, 9.17) is 4.98 Å². The first kappa shape index (κ1) is 15.7. The Morgan fingerprint density at radius 2 is 1.83 bits per heavy atom. The van der Waals surface area contributed by atoms with Crippen molar-refractivity contribution in [1.82, 2.24) is 15.3 Å². The topological polar surface area (TPSA) is 61.3 Å². The van der Waals surface area contributed by atoms with Gasteiger partial charge in [0.25, 0.3) is 0 Å². The molecule has 5 nitrogen and oxygen atoms in total. The lowest BCUT2D eigenvalue weighted by atomic mass is 9.90. The maximum absolute atomic E-state index is 10.1. The standard InChI is InChI=1S/C18H24N4O/c1-18(2,3)16-14(22-10-8-19-9-11-22)12-20-17(21-16)13-6-4-5-7-15(13)23/h4-7,12,19,23H,8-11H2,1-3H3. The van der Waals surface area contributed by atoms with Gasteiger partial charge in [-0.25, -0.2) is 9.97 Å². The van der Waals surface area contributed by atoms with E-state index in [0.717, 1.165) is 37.6 Å². The molecule has 0 amide bonds. The number of hydrogen-bond donors (Lipinski definition) is 2. The molecule has 1 fully saturated rings. The zero-order chi connectivity index (χ0) is 16.4. The Morgan fingerprint density at radius 3 is 2.48 bits per heavy atom. The van der Waals surface area contributed by atoms with E-state index in [9.17, 15) is 5.11 Å². The van der Waals surface area contributed by atoms with Gasteiger partial charge in [0.15, 0.2) is 5.82 Å². The third-order valence-electron chi connectivity index (χ3n) is 4.08. The highest BCUT2D eigenvalue weighted by molar-refractivity contribution is 5.65. The number of piperazine rings is 1. The van der Waals surface area contributed by atoms with Crippen molar-refractivity contribution in [3.63, 3.8) is 0 Å². The molecule has 23 heavy (non-hydrogen) atoms. The third kappa shape index (κ3) is 3.29. The number of phenolic OH excluding ortho intramolecular Hbond substituents is 1. The van der Waals surface area contributed by atoms with E-state index in [1.807, 2.05) is 18.3 Å². The summed E-state index contributed by atoms with van der Waals surface area (Å²) in [5.74, 6) is 0.786. The van der Waals surface area contributed by atoms with Crippen LogP contribution in [0.1, 0.15) is 26.5 Å². The van der Waals surface area contributed by atoms with E-state index < -0.39 is 0 Å². The van der Waals surface area contributed by atoms with Crippen molar-refractivity contribution >= 4 is 5.69 Å². The highest BCUT2D eigenvalue weighted by Crippen LogP contribution is 2.33. The van der Waals surface area contributed by atoms with E-state index in [1.165, 1.54) is 0 Å². The van der Waals surface area contributed by atoms with Gasteiger partial charge >= 0.3 is 0 Å². The summed E-state index contributed by atoms with van der Waals surface area (Å²) in [4.78, 5) is 11.7. The van der Waals surface area contributed by atoms with E-state index in [-0.39, 0.29) is 11.2 Å². The van der Waals surface area contributed by atoms with Crippen LogP contribution >= 0.6 is 0 Å². The molecule has 0 aliphatic carbocycles. The summed E-state index contributed by atoms with van der Waals surface area (Å²) in [6.07, 6.45) is 1.90. The molecule has 1 aliphatic heterocycles. The van der Waals surface area contributed by atoms with Crippen LogP contribution < -0.4 is 10.2 Å². The summed E-state index contributed by atoms with van der Waals surface area (Å²) in [5.41, 5.74) is 2.69. The van der Waals surface area contributed by atoms with Crippen LogP contribution in [0.2, 0.25) is 0 Å².